The Kier molecular flexibility index (Phi) is 5.98. The third-order valence-corrected chi connectivity index (χ3v) is 6.64. The average Bonchev–Trinajstić information content (AvgIpc) is 3.30. The maximum absolute atomic E-state index is 13.4. The molecule has 0 aromatic heterocycles. The molecule has 0 saturated carbocycles. The number of ether oxygens (including phenoxy) is 2. The van der Waals surface area contributed by atoms with Crippen LogP contribution in [0.5, 0.6) is 11.5 Å². The van der Waals surface area contributed by atoms with Crippen LogP contribution >= 0.6 is 0 Å². The van der Waals surface area contributed by atoms with E-state index < -0.39 is 17.5 Å². The Morgan fingerprint density at radius 2 is 1.82 bits per heavy atom. The Morgan fingerprint density at radius 3 is 2.59 bits per heavy atom. The van der Waals surface area contributed by atoms with Crippen molar-refractivity contribution in [3.63, 3.8) is 0 Å². The summed E-state index contributed by atoms with van der Waals surface area (Å²) >= 11 is 0. The lowest BCUT2D eigenvalue weighted by Gasteiger charge is -2.49. The number of nitrogens with one attached hydrogen (secondary N) is 1. The van der Waals surface area contributed by atoms with E-state index in [2.05, 4.69) is 10.2 Å². The zero-order chi connectivity index (χ0) is 23.7. The lowest BCUT2D eigenvalue weighted by atomic mass is 9.79. The van der Waals surface area contributed by atoms with Crippen LogP contribution in [-0.2, 0) is 6.54 Å². The Morgan fingerprint density at radius 1 is 1.09 bits per heavy atom. The van der Waals surface area contributed by atoms with Gasteiger partial charge < -0.3 is 19.9 Å². The zero-order valence-electron chi connectivity index (χ0n) is 18.9. The molecule has 3 aromatic carbocycles. The molecule has 1 saturated heterocycles. The summed E-state index contributed by atoms with van der Waals surface area (Å²) in [5, 5.41) is 14.4. The number of rotatable bonds is 5. The second-order valence-electron chi connectivity index (χ2n) is 9.08. The van der Waals surface area contributed by atoms with Crippen molar-refractivity contribution in [2.45, 2.75) is 37.6 Å². The van der Waals surface area contributed by atoms with Crippen LogP contribution in [0.4, 0.5) is 4.39 Å². The number of likely N-dealkylation sites (tertiary alicyclic amines) is 1. The van der Waals surface area contributed by atoms with E-state index in [1.165, 1.54) is 24.3 Å². The molecule has 5 rings (SSSR count). The summed E-state index contributed by atoms with van der Waals surface area (Å²) in [5.74, 6) is 0.697. The third-order valence-electron chi connectivity index (χ3n) is 6.64. The van der Waals surface area contributed by atoms with E-state index in [4.69, 9.17) is 9.47 Å². The van der Waals surface area contributed by atoms with Gasteiger partial charge in [0.25, 0.3) is 5.91 Å². The first kappa shape index (κ1) is 22.4. The normalized spacial score (nSPS) is 24.1. The topological polar surface area (TPSA) is 71.0 Å². The van der Waals surface area contributed by atoms with Crippen molar-refractivity contribution >= 4 is 5.91 Å². The Balaban J connectivity index is 1.47. The van der Waals surface area contributed by atoms with E-state index in [1.54, 1.807) is 6.92 Å². The Hall–Kier alpha value is -3.42. The van der Waals surface area contributed by atoms with Crippen LogP contribution in [0.3, 0.4) is 0 Å². The van der Waals surface area contributed by atoms with E-state index in [1.807, 2.05) is 48.5 Å². The summed E-state index contributed by atoms with van der Waals surface area (Å²) in [4.78, 5) is 15.4. The van der Waals surface area contributed by atoms with E-state index in [-0.39, 0.29) is 18.7 Å². The first-order chi connectivity index (χ1) is 16.4. The lowest BCUT2D eigenvalue weighted by Crippen LogP contribution is -2.62. The van der Waals surface area contributed by atoms with E-state index >= 15 is 0 Å². The van der Waals surface area contributed by atoms with Crippen molar-refractivity contribution < 1.29 is 23.8 Å². The minimum absolute atomic E-state index is 0.218. The molecular formula is C27H27FN2O4. The standard InChI is InChI=1S/C27H27FN2O4/c1-27(32)13-14-30(16-18-7-12-22-23(15-18)34-17-33-22)24(19-5-3-2-4-6-19)25(27)29-26(31)20-8-10-21(28)11-9-20/h2-12,15,24-25,32H,13-14,16-17H2,1H3,(H,29,31)/t24-,25-,27+/m0/s1. The van der Waals surface area contributed by atoms with Crippen LogP contribution in [0, 0.1) is 5.82 Å². The number of hydrogen-bond acceptors (Lipinski definition) is 5. The van der Waals surface area contributed by atoms with Crippen LogP contribution in [0.2, 0.25) is 0 Å². The smallest absolute Gasteiger partial charge is 0.251 e. The summed E-state index contributed by atoms with van der Waals surface area (Å²) in [5.41, 5.74) is 1.25. The Labute approximate surface area is 197 Å². The second kappa shape index (κ2) is 9.08. The van der Waals surface area contributed by atoms with E-state index in [9.17, 15) is 14.3 Å². The minimum atomic E-state index is -1.14. The van der Waals surface area contributed by atoms with Crippen LogP contribution in [-0.4, -0.2) is 40.9 Å². The summed E-state index contributed by atoms with van der Waals surface area (Å²) < 4.78 is 24.3. The molecule has 2 aliphatic rings. The first-order valence-electron chi connectivity index (χ1n) is 11.4. The first-order valence-corrected chi connectivity index (χ1v) is 11.4. The second-order valence-corrected chi connectivity index (χ2v) is 9.08. The number of benzene rings is 3. The fourth-order valence-electron chi connectivity index (χ4n) is 4.78. The molecule has 7 heteroatoms. The molecule has 0 spiro atoms. The largest absolute Gasteiger partial charge is 0.454 e. The highest BCUT2D eigenvalue weighted by molar-refractivity contribution is 5.94. The molecule has 0 unspecified atom stereocenters. The van der Waals surface area contributed by atoms with Crippen molar-refractivity contribution in [3.05, 3.63) is 95.3 Å². The van der Waals surface area contributed by atoms with Gasteiger partial charge in [-0.3, -0.25) is 9.69 Å². The monoisotopic (exact) mass is 462 g/mol. The molecule has 176 valence electrons. The van der Waals surface area contributed by atoms with Crippen LogP contribution in [0.15, 0.2) is 72.8 Å². The number of amides is 1. The van der Waals surface area contributed by atoms with E-state index in [0.29, 0.717) is 25.1 Å². The van der Waals surface area contributed by atoms with Gasteiger partial charge >= 0.3 is 0 Å². The van der Waals surface area contributed by atoms with Crippen LogP contribution in [0.25, 0.3) is 0 Å². The SMILES string of the molecule is C[C@@]1(O)CCN(Cc2ccc3c(c2)OCO3)[C@@H](c2ccccc2)[C@@H]1NC(=O)c1ccc(F)cc1. The van der Waals surface area contributed by atoms with Crippen LogP contribution in [0.1, 0.15) is 40.9 Å². The molecule has 2 heterocycles. The number of nitrogens with zero attached hydrogens (tertiary/aromatic N) is 1. The highest BCUT2D eigenvalue weighted by atomic mass is 19.1. The lowest BCUT2D eigenvalue weighted by molar-refractivity contribution is -0.0665. The number of hydrogen-bond donors (Lipinski definition) is 2. The average molecular weight is 463 g/mol. The van der Waals surface area contributed by atoms with Gasteiger partial charge in [-0.1, -0.05) is 36.4 Å². The number of piperidine rings is 1. The maximum Gasteiger partial charge on any atom is 0.251 e. The van der Waals surface area contributed by atoms with Crippen molar-refractivity contribution in [1.82, 2.24) is 10.2 Å². The Bertz CT molecular complexity index is 1170. The summed E-state index contributed by atoms with van der Waals surface area (Å²) in [7, 11) is 0. The van der Waals surface area contributed by atoms with Gasteiger partial charge in [-0.2, -0.15) is 0 Å². The number of fused-ring (bicyclic) bond motifs is 1. The van der Waals surface area contributed by atoms with Gasteiger partial charge in [-0.05, 0) is 60.9 Å². The quantitative estimate of drug-likeness (QED) is 0.599. The van der Waals surface area contributed by atoms with Gasteiger partial charge in [0.05, 0.1) is 17.7 Å². The molecule has 2 aliphatic heterocycles. The van der Waals surface area contributed by atoms with Gasteiger partial charge in [0.15, 0.2) is 11.5 Å². The molecule has 0 aliphatic carbocycles. The van der Waals surface area contributed by atoms with Gasteiger partial charge in [0.1, 0.15) is 5.82 Å². The molecule has 0 bridgehead atoms. The molecule has 1 amide bonds. The molecule has 3 atom stereocenters. The predicted molar refractivity (Wildman–Crippen MR) is 125 cm³/mol. The van der Waals surface area contributed by atoms with Crippen molar-refractivity contribution in [2.24, 2.45) is 0 Å². The summed E-state index contributed by atoms with van der Waals surface area (Å²) in [6, 6.07) is 20.3. The predicted octanol–water partition coefficient (Wildman–Crippen LogP) is 4.05. The molecule has 6 nitrogen and oxygen atoms in total. The van der Waals surface area contributed by atoms with Gasteiger partial charge in [0, 0.05) is 18.7 Å². The van der Waals surface area contributed by atoms with Crippen molar-refractivity contribution in [2.75, 3.05) is 13.3 Å². The van der Waals surface area contributed by atoms with E-state index in [0.717, 1.165) is 22.6 Å². The maximum atomic E-state index is 13.4. The van der Waals surface area contributed by atoms with Crippen molar-refractivity contribution in [3.8, 4) is 11.5 Å². The third kappa shape index (κ3) is 4.49. The zero-order valence-corrected chi connectivity index (χ0v) is 18.9. The number of aliphatic hydroxyl groups is 1. The van der Waals surface area contributed by atoms with Crippen molar-refractivity contribution in [1.29, 1.82) is 0 Å². The molecule has 0 radical (unpaired) electrons. The number of carbonyl (C=O) groups excluding carboxylic acids is 1. The molecule has 3 aromatic rings. The van der Waals surface area contributed by atoms with Gasteiger partial charge in [0.2, 0.25) is 6.79 Å². The highest BCUT2D eigenvalue weighted by Crippen LogP contribution is 2.39. The van der Waals surface area contributed by atoms with Gasteiger partial charge in [-0.25, -0.2) is 4.39 Å². The minimum Gasteiger partial charge on any atom is -0.454 e. The highest BCUT2D eigenvalue weighted by Gasteiger charge is 2.46. The van der Waals surface area contributed by atoms with Gasteiger partial charge in [-0.15, -0.1) is 0 Å². The van der Waals surface area contributed by atoms with Crippen LogP contribution < -0.4 is 14.8 Å². The molecule has 34 heavy (non-hydrogen) atoms. The number of halogens is 1. The molecule has 1 fully saturated rings. The summed E-state index contributed by atoms with van der Waals surface area (Å²) in [6.45, 7) is 3.23. The molecular weight excluding hydrogens is 435 g/mol. The molecule has 2 N–H and O–H groups in total. The fraction of sp³-hybridized carbons (Fsp3) is 0.296. The number of carbonyl (C=O) groups is 1. The fourth-order valence-corrected chi connectivity index (χ4v) is 4.78. The summed E-state index contributed by atoms with van der Waals surface area (Å²) in [6.07, 6.45) is 0.481.